The molecule has 3 heterocycles. The van der Waals surface area contributed by atoms with Gasteiger partial charge < -0.3 is 11.1 Å². The fourth-order valence-electron chi connectivity index (χ4n) is 3.79. The van der Waals surface area contributed by atoms with Crippen LogP contribution in [0.25, 0.3) is 27.7 Å². The summed E-state index contributed by atoms with van der Waals surface area (Å²) >= 11 is 0. The number of benzene rings is 1. The van der Waals surface area contributed by atoms with Crippen LogP contribution < -0.4 is 11.1 Å². The third kappa shape index (κ3) is 3.10. The zero-order valence-electron chi connectivity index (χ0n) is 14.9. The van der Waals surface area contributed by atoms with Gasteiger partial charge in [-0.05, 0) is 49.4 Å². The van der Waals surface area contributed by atoms with Gasteiger partial charge in [-0.25, -0.2) is 9.50 Å². The first-order chi connectivity index (χ1) is 13.3. The molecule has 0 amide bonds. The summed E-state index contributed by atoms with van der Waals surface area (Å²) in [5.74, 6) is 0.662. The molecule has 4 aromatic rings. The van der Waals surface area contributed by atoms with Crippen LogP contribution in [0.4, 0.5) is 5.95 Å². The van der Waals surface area contributed by atoms with Crippen LogP contribution in [0.15, 0.2) is 49.1 Å². The molecule has 1 aliphatic carbocycles. The SMILES string of the molecule is N[C@H]1CC[C@H](Nc2ncc3c(-c4ccc5nccnc5c4)ccn3n2)CC1. The van der Waals surface area contributed by atoms with E-state index in [0.717, 1.165) is 53.4 Å². The Kier molecular flexibility index (Phi) is 3.94. The fourth-order valence-corrected chi connectivity index (χ4v) is 3.79. The normalized spacial score (nSPS) is 20.2. The van der Waals surface area contributed by atoms with E-state index in [9.17, 15) is 0 Å². The van der Waals surface area contributed by atoms with E-state index in [1.807, 2.05) is 23.0 Å². The smallest absolute Gasteiger partial charge is 0.241 e. The van der Waals surface area contributed by atoms with Crippen LogP contribution >= 0.6 is 0 Å². The molecule has 0 unspecified atom stereocenters. The average molecular weight is 359 g/mol. The van der Waals surface area contributed by atoms with Gasteiger partial charge >= 0.3 is 0 Å². The molecule has 5 rings (SSSR count). The molecule has 0 atom stereocenters. The van der Waals surface area contributed by atoms with Gasteiger partial charge in [0.25, 0.3) is 0 Å². The second-order valence-corrected chi connectivity index (χ2v) is 7.16. The van der Waals surface area contributed by atoms with Crippen molar-refractivity contribution >= 4 is 22.5 Å². The zero-order chi connectivity index (χ0) is 18.2. The number of rotatable bonds is 3. The molecule has 1 aromatic carbocycles. The highest BCUT2D eigenvalue weighted by Crippen LogP contribution is 2.27. The monoisotopic (exact) mass is 359 g/mol. The van der Waals surface area contributed by atoms with E-state index in [-0.39, 0.29) is 0 Å². The molecular weight excluding hydrogens is 338 g/mol. The minimum atomic E-state index is 0.338. The summed E-state index contributed by atoms with van der Waals surface area (Å²) in [5.41, 5.74) is 10.9. The van der Waals surface area contributed by atoms with E-state index >= 15 is 0 Å². The van der Waals surface area contributed by atoms with Crippen LogP contribution in [0.1, 0.15) is 25.7 Å². The maximum atomic E-state index is 5.99. The van der Waals surface area contributed by atoms with Crippen LogP contribution in [-0.2, 0) is 0 Å². The predicted molar refractivity (Wildman–Crippen MR) is 105 cm³/mol. The van der Waals surface area contributed by atoms with Gasteiger partial charge in [0.15, 0.2) is 0 Å². The maximum absolute atomic E-state index is 5.99. The number of nitrogens with zero attached hydrogens (tertiary/aromatic N) is 5. The molecule has 3 N–H and O–H groups in total. The van der Waals surface area contributed by atoms with E-state index in [4.69, 9.17) is 5.73 Å². The van der Waals surface area contributed by atoms with Crippen LogP contribution in [-0.4, -0.2) is 36.6 Å². The Labute approximate surface area is 156 Å². The minimum absolute atomic E-state index is 0.338. The molecular formula is C20H21N7. The molecule has 0 radical (unpaired) electrons. The fraction of sp³-hybridized carbons (Fsp3) is 0.300. The Bertz CT molecular complexity index is 1100. The first-order valence-electron chi connectivity index (χ1n) is 9.34. The molecule has 0 spiro atoms. The van der Waals surface area contributed by atoms with E-state index in [1.54, 1.807) is 12.4 Å². The third-order valence-electron chi connectivity index (χ3n) is 5.30. The van der Waals surface area contributed by atoms with Crippen molar-refractivity contribution in [3.8, 4) is 11.1 Å². The highest BCUT2D eigenvalue weighted by molar-refractivity contribution is 5.86. The van der Waals surface area contributed by atoms with Crippen molar-refractivity contribution in [1.82, 2.24) is 24.6 Å². The van der Waals surface area contributed by atoms with Crippen molar-refractivity contribution in [3.05, 3.63) is 49.1 Å². The number of hydrogen-bond acceptors (Lipinski definition) is 6. The Balaban J connectivity index is 1.44. The van der Waals surface area contributed by atoms with Crippen molar-refractivity contribution in [2.24, 2.45) is 5.73 Å². The van der Waals surface area contributed by atoms with Gasteiger partial charge in [-0.3, -0.25) is 9.97 Å². The van der Waals surface area contributed by atoms with Gasteiger partial charge in [0.2, 0.25) is 5.95 Å². The predicted octanol–water partition coefficient (Wildman–Crippen LogP) is 3.02. The molecule has 7 heteroatoms. The van der Waals surface area contributed by atoms with Gasteiger partial charge in [0, 0.05) is 36.2 Å². The molecule has 1 aliphatic rings. The highest BCUT2D eigenvalue weighted by Gasteiger charge is 2.19. The molecule has 0 saturated heterocycles. The summed E-state index contributed by atoms with van der Waals surface area (Å²) in [4.78, 5) is 13.3. The third-order valence-corrected chi connectivity index (χ3v) is 5.30. The van der Waals surface area contributed by atoms with E-state index < -0.39 is 0 Å². The average Bonchev–Trinajstić information content (AvgIpc) is 3.12. The summed E-state index contributed by atoms with van der Waals surface area (Å²) in [7, 11) is 0. The number of fused-ring (bicyclic) bond motifs is 2. The molecule has 1 fully saturated rings. The lowest BCUT2D eigenvalue weighted by atomic mass is 9.92. The van der Waals surface area contributed by atoms with E-state index in [1.165, 1.54) is 0 Å². The Morgan fingerprint density at radius 1 is 0.963 bits per heavy atom. The van der Waals surface area contributed by atoms with Crippen molar-refractivity contribution in [3.63, 3.8) is 0 Å². The van der Waals surface area contributed by atoms with Crippen molar-refractivity contribution in [1.29, 1.82) is 0 Å². The highest BCUT2D eigenvalue weighted by atomic mass is 15.3. The van der Waals surface area contributed by atoms with Crippen LogP contribution in [0.3, 0.4) is 0 Å². The van der Waals surface area contributed by atoms with E-state index in [2.05, 4.69) is 43.6 Å². The van der Waals surface area contributed by atoms with Crippen molar-refractivity contribution in [2.75, 3.05) is 5.32 Å². The summed E-state index contributed by atoms with van der Waals surface area (Å²) in [5, 5.41) is 8.08. The van der Waals surface area contributed by atoms with Gasteiger partial charge in [-0.15, -0.1) is 5.10 Å². The summed E-state index contributed by atoms with van der Waals surface area (Å²) in [6, 6.07) is 8.90. The molecule has 3 aromatic heterocycles. The molecule has 0 bridgehead atoms. The topological polar surface area (TPSA) is 94.0 Å². The van der Waals surface area contributed by atoms with Crippen molar-refractivity contribution < 1.29 is 0 Å². The van der Waals surface area contributed by atoms with E-state index in [0.29, 0.717) is 18.0 Å². The standard InChI is InChI=1S/C20H21N7/c21-14-2-4-15(5-3-14)25-20-24-12-19-16(7-10-27(19)26-20)13-1-6-17-18(11-13)23-9-8-22-17/h1,6-12,14-15H,2-5,21H2,(H,25,26)/t14-,15-. The van der Waals surface area contributed by atoms with Gasteiger partial charge in [0.1, 0.15) is 0 Å². The summed E-state index contributed by atoms with van der Waals surface area (Å²) < 4.78 is 1.88. The first-order valence-corrected chi connectivity index (χ1v) is 9.34. The van der Waals surface area contributed by atoms with Crippen LogP contribution in [0.5, 0.6) is 0 Å². The van der Waals surface area contributed by atoms with Gasteiger partial charge in [-0.2, -0.15) is 0 Å². The quantitative estimate of drug-likeness (QED) is 0.584. The lowest BCUT2D eigenvalue weighted by Gasteiger charge is -2.26. The number of hydrogen-bond donors (Lipinski definition) is 2. The van der Waals surface area contributed by atoms with Gasteiger partial charge in [-0.1, -0.05) is 6.07 Å². The lowest BCUT2D eigenvalue weighted by molar-refractivity contribution is 0.409. The molecule has 1 saturated carbocycles. The molecule has 0 aliphatic heterocycles. The Morgan fingerprint density at radius 3 is 2.63 bits per heavy atom. The lowest BCUT2D eigenvalue weighted by Crippen LogP contribution is -2.33. The van der Waals surface area contributed by atoms with Crippen molar-refractivity contribution in [2.45, 2.75) is 37.8 Å². The van der Waals surface area contributed by atoms with Gasteiger partial charge in [0.05, 0.1) is 22.7 Å². The zero-order valence-corrected chi connectivity index (χ0v) is 14.9. The first kappa shape index (κ1) is 16.1. The number of anilines is 1. The number of aromatic nitrogens is 5. The summed E-state index contributed by atoms with van der Waals surface area (Å²) in [6.45, 7) is 0. The number of nitrogens with two attached hydrogens (primary N) is 1. The maximum Gasteiger partial charge on any atom is 0.241 e. The molecule has 7 nitrogen and oxygen atoms in total. The van der Waals surface area contributed by atoms with Crippen LogP contribution in [0, 0.1) is 0 Å². The largest absolute Gasteiger partial charge is 0.350 e. The summed E-state index contributed by atoms with van der Waals surface area (Å²) in [6.07, 6.45) is 11.5. The van der Waals surface area contributed by atoms with Crippen LogP contribution in [0.2, 0.25) is 0 Å². The second-order valence-electron chi connectivity index (χ2n) is 7.16. The Morgan fingerprint density at radius 2 is 1.78 bits per heavy atom. The molecule has 136 valence electrons. The number of nitrogens with one attached hydrogen (secondary N) is 1. The second kappa shape index (κ2) is 6.59. The Hall–Kier alpha value is -3.06. The molecule has 27 heavy (non-hydrogen) atoms. The minimum Gasteiger partial charge on any atom is -0.350 e.